The molecule has 0 heterocycles. The molecule has 0 aliphatic heterocycles. The number of hydrogen-bond donors (Lipinski definition) is 1. The van der Waals surface area contributed by atoms with Crippen LogP contribution in [0.1, 0.15) is 39.0 Å². The number of carbonyl (C=O) groups excluding carboxylic acids is 1. The molecule has 1 aliphatic rings. The van der Waals surface area contributed by atoms with E-state index in [0.29, 0.717) is 13.0 Å². The van der Waals surface area contributed by atoms with Crippen LogP contribution in [-0.2, 0) is 4.79 Å². The van der Waals surface area contributed by atoms with Gasteiger partial charge >= 0.3 is 0 Å². The first kappa shape index (κ1) is 13.0. The highest BCUT2D eigenvalue weighted by molar-refractivity contribution is 5.77. The largest absolute Gasteiger partial charge is 0.344 e. The fraction of sp³-hybridized carbons (Fsp3) is 0.833. The van der Waals surface area contributed by atoms with E-state index in [4.69, 9.17) is 11.0 Å². The van der Waals surface area contributed by atoms with Crippen molar-refractivity contribution in [1.82, 2.24) is 4.90 Å². The molecule has 0 saturated heterocycles. The molecule has 16 heavy (non-hydrogen) atoms. The van der Waals surface area contributed by atoms with Gasteiger partial charge in [0.05, 0.1) is 12.0 Å². The highest BCUT2D eigenvalue weighted by Gasteiger charge is 2.32. The van der Waals surface area contributed by atoms with Crippen LogP contribution in [0.4, 0.5) is 0 Å². The number of carbonyl (C=O) groups is 1. The normalized spacial score (nSPS) is 20.1. The van der Waals surface area contributed by atoms with Crippen molar-refractivity contribution in [1.29, 1.82) is 5.26 Å². The van der Waals surface area contributed by atoms with E-state index in [1.807, 2.05) is 6.92 Å². The zero-order chi connectivity index (χ0) is 12.2. The third kappa shape index (κ3) is 3.49. The van der Waals surface area contributed by atoms with Crippen LogP contribution < -0.4 is 5.73 Å². The molecule has 1 amide bonds. The molecule has 1 atom stereocenters. The fourth-order valence-electron chi connectivity index (χ4n) is 2.25. The van der Waals surface area contributed by atoms with Gasteiger partial charge in [-0.05, 0) is 19.8 Å². The van der Waals surface area contributed by atoms with E-state index in [1.165, 1.54) is 0 Å². The maximum Gasteiger partial charge on any atom is 0.224 e. The quantitative estimate of drug-likeness (QED) is 0.780. The van der Waals surface area contributed by atoms with Gasteiger partial charge < -0.3 is 10.6 Å². The van der Waals surface area contributed by atoms with Crippen LogP contribution in [0.25, 0.3) is 0 Å². The summed E-state index contributed by atoms with van der Waals surface area (Å²) in [4.78, 5) is 13.5. The van der Waals surface area contributed by atoms with Crippen molar-refractivity contribution >= 4 is 5.91 Å². The zero-order valence-corrected chi connectivity index (χ0v) is 10.2. The van der Waals surface area contributed by atoms with E-state index >= 15 is 0 Å². The maximum absolute atomic E-state index is 11.9. The van der Waals surface area contributed by atoms with E-state index in [1.54, 1.807) is 11.9 Å². The molecule has 1 saturated carbocycles. The zero-order valence-electron chi connectivity index (χ0n) is 10.2. The number of nitrogens with two attached hydrogens (primary N) is 1. The van der Waals surface area contributed by atoms with Gasteiger partial charge in [-0.2, -0.15) is 5.26 Å². The van der Waals surface area contributed by atoms with Crippen LogP contribution in [0.2, 0.25) is 0 Å². The number of rotatable bonds is 4. The van der Waals surface area contributed by atoms with Crippen LogP contribution in [0, 0.1) is 17.2 Å². The Kier molecular flexibility index (Phi) is 4.31. The predicted molar refractivity (Wildman–Crippen MR) is 62.4 cm³/mol. The van der Waals surface area contributed by atoms with E-state index in [9.17, 15) is 4.79 Å². The van der Waals surface area contributed by atoms with Crippen molar-refractivity contribution in [3.8, 4) is 6.07 Å². The Morgan fingerprint density at radius 1 is 1.56 bits per heavy atom. The van der Waals surface area contributed by atoms with E-state index in [-0.39, 0.29) is 17.4 Å². The summed E-state index contributed by atoms with van der Waals surface area (Å²) in [5.41, 5.74) is 5.86. The average Bonchev–Trinajstić information content (AvgIpc) is 2.64. The third-order valence-electron chi connectivity index (χ3n) is 3.30. The second kappa shape index (κ2) is 5.31. The molecule has 4 heteroatoms. The smallest absolute Gasteiger partial charge is 0.224 e. The lowest BCUT2D eigenvalue weighted by Crippen LogP contribution is -2.43. The summed E-state index contributed by atoms with van der Waals surface area (Å²) in [5.74, 6) is -0.0576. The van der Waals surface area contributed by atoms with Crippen molar-refractivity contribution in [2.24, 2.45) is 11.7 Å². The molecule has 4 nitrogen and oxygen atoms in total. The SMILES string of the molecule is CC(C#N)CN(C)C(=O)CC1(N)CCCC1. The van der Waals surface area contributed by atoms with Crippen LogP contribution in [-0.4, -0.2) is 29.9 Å². The first-order valence-corrected chi connectivity index (χ1v) is 5.89. The van der Waals surface area contributed by atoms with Gasteiger partial charge in [0, 0.05) is 25.6 Å². The summed E-state index contributed by atoms with van der Waals surface area (Å²) in [5, 5.41) is 8.69. The number of amides is 1. The molecule has 0 bridgehead atoms. The summed E-state index contributed by atoms with van der Waals surface area (Å²) in [6, 6.07) is 2.13. The lowest BCUT2D eigenvalue weighted by molar-refractivity contribution is -0.131. The van der Waals surface area contributed by atoms with Gasteiger partial charge in [-0.1, -0.05) is 12.8 Å². The summed E-state index contributed by atoms with van der Waals surface area (Å²) >= 11 is 0. The Hall–Kier alpha value is -1.08. The third-order valence-corrected chi connectivity index (χ3v) is 3.30. The molecule has 1 unspecified atom stereocenters. The standard InChI is InChI=1S/C12H21N3O/c1-10(8-13)9-15(2)11(16)7-12(14)5-3-4-6-12/h10H,3-7,9,14H2,1-2H3. The number of hydrogen-bond acceptors (Lipinski definition) is 3. The Balaban J connectivity index is 2.42. The van der Waals surface area contributed by atoms with Crippen molar-refractivity contribution in [2.45, 2.75) is 44.6 Å². The molecular formula is C12H21N3O. The Bertz CT molecular complexity index is 289. The summed E-state index contributed by atoms with van der Waals surface area (Å²) in [7, 11) is 1.74. The maximum atomic E-state index is 11.9. The minimum absolute atomic E-state index is 0.0616. The van der Waals surface area contributed by atoms with Gasteiger partial charge in [-0.25, -0.2) is 0 Å². The molecule has 0 spiro atoms. The Morgan fingerprint density at radius 2 is 2.12 bits per heavy atom. The van der Waals surface area contributed by atoms with Gasteiger partial charge in [-0.15, -0.1) is 0 Å². The lowest BCUT2D eigenvalue weighted by Gasteiger charge is -2.26. The Labute approximate surface area is 97.4 Å². The van der Waals surface area contributed by atoms with Crippen LogP contribution >= 0.6 is 0 Å². The summed E-state index contributed by atoms with van der Waals surface area (Å²) < 4.78 is 0. The van der Waals surface area contributed by atoms with Crippen LogP contribution in [0.15, 0.2) is 0 Å². The second-order valence-electron chi connectivity index (χ2n) is 5.05. The number of nitrogens with zero attached hydrogens (tertiary/aromatic N) is 2. The highest BCUT2D eigenvalue weighted by atomic mass is 16.2. The lowest BCUT2D eigenvalue weighted by atomic mass is 9.94. The van der Waals surface area contributed by atoms with Gasteiger partial charge in [-0.3, -0.25) is 4.79 Å². The molecule has 1 rings (SSSR count). The van der Waals surface area contributed by atoms with Gasteiger partial charge in [0.15, 0.2) is 0 Å². The van der Waals surface area contributed by atoms with Crippen LogP contribution in [0.3, 0.4) is 0 Å². The summed E-state index contributed by atoms with van der Waals surface area (Å²) in [6.07, 6.45) is 4.56. The monoisotopic (exact) mass is 223 g/mol. The van der Waals surface area contributed by atoms with Crippen molar-refractivity contribution in [2.75, 3.05) is 13.6 Å². The molecule has 0 radical (unpaired) electrons. The van der Waals surface area contributed by atoms with Gasteiger partial charge in [0.1, 0.15) is 0 Å². The van der Waals surface area contributed by atoms with Crippen molar-refractivity contribution in [3.05, 3.63) is 0 Å². The molecular weight excluding hydrogens is 202 g/mol. The van der Waals surface area contributed by atoms with Crippen LogP contribution in [0.5, 0.6) is 0 Å². The van der Waals surface area contributed by atoms with Crippen molar-refractivity contribution < 1.29 is 4.79 Å². The topological polar surface area (TPSA) is 70.1 Å². The molecule has 0 aromatic rings. The van der Waals surface area contributed by atoms with Gasteiger partial charge in [0.2, 0.25) is 5.91 Å². The van der Waals surface area contributed by atoms with E-state index in [0.717, 1.165) is 25.7 Å². The van der Waals surface area contributed by atoms with Crippen molar-refractivity contribution in [3.63, 3.8) is 0 Å². The minimum atomic E-state index is -0.290. The average molecular weight is 223 g/mol. The van der Waals surface area contributed by atoms with Gasteiger partial charge in [0.25, 0.3) is 0 Å². The predicted octanol–water partition coefficient (Wildman–Crippen LogP) is 1.27. The second-order valence-corrected chi connectivity index (χ2v) is 5.05. The molecule has 2 N–H and O–H groups in total. The highest BCUT2D eigenvalue weighted by Crippen LogP contribution is 2.30. The number of nitriles is 1. The molecule has 0 aromatic heterocycles. The molecule has 1 aliphatic carbocycles. The minimum Gasteiger partial charge on any atom is -0.344 e. The molecule has 1 fully saturated rings. The fourth-order valence-corrected chi connectivity index (χ4v) is 2.25. The Morgan fingerprint density at radius 3 is 2.62 bits per heavy atom. The summed E-state index contributed by atoms with van der Waals surface area (Å²) in [6.45, 7) is 2.31. The van der Waals surface area contributed by atoms with E-state index in [2.05, 4.69) is 6.07 Å². The first-order chi connectivity index (χ1) is 7.47. The van der Waals surface area contributed by atoms with E-state index < -0.39 is 0 Å². The molecule has 0 aromatic carbocycles. The first-order valence-electron chi connectivity index (χ1n) is 5.89. The molecule has 90 valence electrons.